The average Bonchev–Trinajstić information content (AvgIpc) is 2.91. The van der Waals surface area contributed by atoms with Crippen LogP contribution in [0.5, 0.6) is 0 Å². The lowest BCUT2D eigenvalue weighted by Crippen LogP contribution is -2.34. The summed E-state index contributed by atoms with van der Waals surface area (Å²) in [5.41, 5.74) is 7.02. The quantitative estimate of drug-likeness (QED) is 0.883. The lowest BCUT2D eigenvalue weighted by Gasteiger charge is -2.21. The van der Waals surface area contributed by atoms with Crippen LogP contribution in [0.1, 0.15) is 20.3 Å². The van der Waals surface area contributed by atoms with Gasteiger partial charge in [-0.1, -0.05) is 19.9 Å². The molecule has 21 heavy (non-hydrogen) atoms. The lowest BCUT2D eigenvalue weighted by atomic mass is 10.0. The van der Waals surface area contributed by atoms with Gasteiger partial charge >= 0.3 is 0 Å². The van der Waals surface area contributed by atoms with E-state index in [1.807, 2.05) is 13.8 Å². The highest BCUT2D eigenvalue weighted by Crippen LogP contribution is 2.38. The van der Waals surface area contributed by atoms with Crippen LogP contribution in [-0.4, -0.2) is 32.4 Å². The second-order valence-electron chi connectivity index (χ2n) is 5.41. The summed E-state index contributed by atoms with van der Waals surface area (Å²) >= 11 is 1.01. The molecule has 0 bridgehead atoms. The summed E-state index contributed by atoms with van der Waals surface area (Å²) in [4.78, 5) is 0.203. The van der Waals surface area contributed by atoms with Crippen LogP contribution >= 0.6 is 0 Å². The van der Waals surface area contributed by atoms with Crippen molar-refractivity contribution in [2.45, 2.75) is 31.2 Å². The highest BCUT2D eigenvalue weighted by atomic mass is 32.2. The Kier molecular flexibility index (Phi) is 4.92. The van der Waals surface area contributed by atoms with Crippen molar-refractivity contribution in [2.75, 3.05) is 13.6 Å². The highest BCUT2D eigenvalue weighted by molar-refractivity contribution is 7.89. The molecule has 0 fully saturated rings. The van der Waals surface area contributed by atoms with Crippen LogP contribution in [0.2, 0.25) is 0 Å². The number of hydrogen-bond acceptors (Lipinski definition) is 5. The predicted molar refractivity (Wildman–Crippen MR) is 85.2 cm³/mol. The third-order valence-electron chi connectivity index (χ3n) is 3.57. The minimum absolute atomic E-state index is 0.0145. The zero-order valence-corrected chi connectivity index (χ0v) is 14.0. The molecule has 0 saturated heterocycles. The maximum atomic E-state index is 12.6. The van der Waals surface area contributed by atoms with Gasteiger partial charge in [-0.3, -0.25) is 0 Å². The van der Waals surface area contributed by atoms with Crippen LogP contribution < -0.4 is 5.73 Å². The van der Waals surface area contributed by atoms with Gasteiger partial charge in [-0.05, 0) is 24.5 Å². The highest BCUT2D eigenvalue weighted by Gasteiger charge is 2.26. The predicted octanol–water partition coefficient (Wildman–Crippen LogP) is 2.41. The molecule has 2 rings (SSSR count). The number of hydrogen-bond donors (Lipinski definition) is 1. The van der Waals surface area contributed by atoms with E-state index in [1.165, 1.54) is 4.31 Å². The number of nitrogens with zero attached hydrogens (tertiary/aromatic N) is 3. The Labute approximate surface area is 129 Å². The maximum absolute atomic E-state index is 12.6. The number of fused-ring (bicyclic) bond motifs is 1. The summed E-state index contributed by atoms with van der Waals surface area (Å²) in [5, 5.41) is 0. The van der Waals surface area contributed by atoms with Gasteiger partial charge in [0.15, 0.2) is 0 Å². The molecule has 0 aliphatic carbocycles. The van der Waals surface area contributed by atoms with E-state index in [9.17, 15) is 8.42 Å². The number of nitrogens with two attached hydrogens (primary N) is 1. The summed E-state index contributed by atoms with van der Waals surface area (Å²) in [6, 6.07) is 4.99. The summed E-state index contributed by atoms with van der Waals surface area (Å²) in [6.45, 7) is 4.44. The van der Waals surface area contributed by atoms with E-state index in [-0.39, 0.29) is 10.9 Å². The van der Waals surface area contributed by atoms with Crippen LogP contribution in [0.25, 0.3) is 0 Å². The topological polar surface area (TPSA) is 88.1 Å². The molecule has 0 aromatic heterocycles. The van der Waals surface area contributed by atoms with Crippen molar-refractivity contribution in [3.8, 4) is 0 Å². The van der Waals surface area contributed by atoms with Crippen molar-refractivity contribution < 1.29 is 8.42 Å². The van der Waals surface area contributed by atoms with Crippen LogP contribution in [-0.2, 0) is 21.4 Å². The monoisotopic (exact) mass is 328 g/mol. The van der Waals surface area contributed by atoms with Crippen molar-refractivity contribution in [2.24, 2.45) is 20.4 Å². The Morgan fingerprint density at radius 2 is 2.05 bits per heavy atom. The van der Waals surface area contributed by atoms with Crippen LogP contribution in [0, 0.1) is 5.92 Å². The summed E-state index contributed by atoms with van der Waals surface area (Å²) in [5.74, 6) is 0.326. The molecule has 0 spiro atoms. The van der Waals surface area contributed by atoms with Gasteiger partial charge in [0.25, 0.3) is 0 Å². The van der Waals surface area contributed by atoms with E-state index in [0.29, 0.717) is 30.3 Å². The maximum Gasteiger partial charge on any atom is 0.245 e. The molecule has 6 nitrogen and oxygen atoms in total. The van der Waals surface area contributed by atoms with E-state index >= 15 is 0 Å². The van der Waals surface area contributed by atoms with Crippen LogP contribution in [0.3, 0.4) is 0 Å². The van der Waals surface area contributed by atoms with Crippen molar-refractivity contribution in [1.29, 1.82) is 0 Å². The lowest BCUT2D eigenvalue weighted by molar-refractivity contribution is 0.397. The molecule has 1 aromatic carbocycles. The Morgan fingerprint density at radius 1 is 1.33 bits per heavy atom. The fourth-order valence-electron chi connectivity index (χ4n) is 1.94. The molecule has 0 saturated carbocycles. The van der Waals surface area contributed by atoms with E-state index in [0.717, 1.165) is 11.4 Å². The molecule has 1 aromatic rings. The number of benzene rings is 1. The normalized spacial score (nSPS) is 15.3. The molecule has 0 amide bonds. The van der Waals surface area contributed by atoms with E-state index < -0.39 is 10.0 Å². The zero-order chi connectivity index (χ0) is 15.6. The summed E-state index contributed by atoms with van der Waals surface area (Å²) in [6.07, 6.45) is 0.624. The Bertz CT molecular complexity index is 694. The van der Waals surface area contributed by atoms with Crippen molar-refractivity contribution in [3.63, 3.8) is 0 Å². The number of rotatable bonds is 6. The largest absolute Gasteiger partial charge is 0.327 e. The van der Waals surface area contributed by atoms with Crippen LogP contribution in [0.4, 0.5) is 11.4 Å². The third kappa shape index (κ3) is 3.39. The Morgan fingerprint density at radius 3 is 2.71 bits per heavy atom. The second-order valence-corrected chi connectivity index (χ2v) is 7.95. The van der Waals surface area contributed by atoms with Gasteiger partial charge in [-0.15, -0.1) is 0 Å². The molecule has 116 valence electrons. The minimum atomic E-state index is -3.57. The van der Waals surface area contributed by atoms with Gasteiger partial charge in [0.05, 0.1) is 11.4 Å². The SMILES string of the molecule is CC(C)C(N)CCN(C)S(=O)(=O)c1cccc2c1N=S=N2. The van der Waals surface area contributed by atoms with Crippen LogP contribution in [0.15, 0.2) is 31.8 Å². The molecular weight excluding hydrogens is 308 g/mol. The molecule has 1 heterocycles. The van der Waals surface area contributed by atoms with Gasteiger partial charge in [-0.2, -0.15) is 8.73 Å². The standard InChI is InChI=1S/C13H20N4O2S2/c1-9(2)10(14)7-8-17(3)21(18,19)12-6-4-5-11-13(12)16-20-15-11/h4-6,9-10H,7-8,14H2,1-3H3. The molecule has 1 unspecified atom stereocenters. The summed E-state index contributed by atoms with van der Waals surface area (Å²) in [7, 11) is -2.00. The third-order valence-corrected chi connectivity index (χ3v) is 6.00. The molecule has 1 aliphatic rings. The van der Waals surface area contributed by atoms with E-state index in [2.05, 4.69) is 8.73 Å². The first-order valence-corrected chi connectivity index (χ1v) is 8.94. The first kappa shape index (κ1) is 16.3. The van der Waals surface area contributed by atoms with Crippen molar-refractivity contribution in [3.05, 3.63) is 18.2 Å². The van der Waals surface area contributed by atoms with Crippen molar-refractivity contribution in [1.82, 2.24) is 4.31 Å². The van der Waals surface area contributed by atoms with Gasteiger partial charge in [-0.25, -0.2) is 12.7 Å². The molecule has 8 heteroatoms. The van der Waals surface area contributed by atoms with Crippen molar-refractivity contribution >= 4 is 32.8 Å². The van der Waals surface area contributed by atoms with Gasteiger partial charge in [0, 0.05) is 19.6 Å². The molecular formula is C13H20N4O2S2. The first-order chi connectivity index (χ1) is 9.84. The fraction of sp³-hybridized carbons (Fsp3) is 0.538. The number of sulfonamides is 1. The van der Waals surface area contributed by atoms with E-state index in [4.69, 9.17) is 5.73 Å². The second kappa shape index (κ2) is 6.35. The molecule has 1 aliphatic heterocycles. The van der Waals surface area contributed by atoms with Gasteiger partial charge in [0.1, 0.15) is 16.3 Å². The fourth-order valence-corrected chi connectivity index (χ4v) is 3.88. The van der Waals surface area contributed by atoms with Gasteiger partial charge in [0.2, 0.25) is 10.0 Å². The Balaban J connectivity index is 2.19. The molecule has 2 N–H and O–H groups in total. The zero-order valence-electron chi connectivity index (χ0n) is 12.4. The Hall–Kier alpha value is -1.09. The smallest absolute Gasteiger partial charge is 0.245 e. The minimum Gasteiger partial charge on any atom is -0.327 e. The average molecular weight is 328 g/mol. The summed E-state index contributed by atoms with van der Waals surface area (Å²) < 4.78 is 34.8. The van der Waals surface area contributed by atoms with E-state index in [1.54, 1.807) is 25.2 Å². The molecule has 0 radical (unpaired) electrons. The molecule has 1 atom stereocenters. The van der Waals surface area contributed by atoms with Gasteiger partial charge < -0.3 is 5.73 Å². The first-order valence-electron chi connectivity index (χ1n) is 6.77.